The van der Waals surface area contributed by atoms with Gasteiger partial charge in [-0.25, -0.2) is 19.2 Å². The molecule has 136 valence electrons. The molecule has 26 heavy (non-hydrogen) atoms. The van der Waals surface area contributed by atoms with Gasteiger partial charge in [-0.05, 0) is 25.1 Å². The molecule has 2 aliphatic rings. The van der Waals surface area contributed by atoms with Crippen LogP contribution in [0.4, 0.5) is 20.8 Å². The minimum Gasteiger partial charge on any atom is -0.489 e. The lowest BCUT2D eigenvalue weighted by atomic mass is 10.1. The second-order valence-corrected chi connectivity index (χ2v) is 6.45. The highest BCUT2D eigenvalue weighted by Gasteiger charge is 2.34. The van der Waals surface area contributed by atoms with Crippen molar-refractivity contribution in [1.82, 2.24) is 14.9 Å². The molecule has 0 bridgehead atoms. The Morgan fingerprint density at radius 1 is 1.19 bits per heavy atom. The SMILES string of the molecule is CC1COc2cc(F)ccc2N1C(=O)N1CCN(c2ncccn2)CC1. The summed E-state index contributed by atoms with van der Waals surface area (Å²) in [4.78, 5) is 27.2. The number of anilines is 2. The van der Waals surface area contributed by atoms with Crippen molar-refractivity contribution >= 4 is 17.7 Å². The normalized spacial score (nSPS) is 19.8. The third-order valence-corrected chi connectivity index (χ3v) is 4.69. The number of urea groups is 1. The van der Waals surface area contributed by atoms with Crippen molar-refractivity contribution in [2.75, 3.05) is 42.6 Å². The van der Waals surface area contributed by atoms with Gasteiger partial charge in [-0.2, -0.15) is 0 Å². The summed E-state index contributed by atoms with van der Waals surface area (Å²) >= 11 is 0. The number of aromatic nitrogens is 2. The lowest BCUT2D eigenvalue weighted by molar-refractivity contribution is 0.190. The van der Waals surface area contributed by atoms with Gasteiger partial charge in [0.05, 0.1) is 11.7 Å². The van der Waals surface area contributed by atoms with E-state index in [0.717, 1.165) is 0 Å². The van der Waals surface area contributed by atoms with Gasteiger partial charge in [0.25, 0.3) is 0 Å². The number of ether oxygens (including phenoxy) is 1. The molecule has 1 fully saturated rings. The second-order valence-electron chi connectivity index (χ2n) is 6.45. The minimum atomic E-state index is -0.373. The van der Waals surface area contributed by atoms with Crippen molar-refractivity contribution in [3.05, 3.63) is 42.5 Å². The number of rotatable bonds is 1. The van der Waals surface area contributed by atoms with Gasteiger partial charge in [-0.1, -0.05) is 0 Å². The Morgan fingerprint density at radius 2 is 1.92 bits per heavy atom. The summed E-state index contributed by atoms with van der Waals surface area (Å²) in [6.45, 7) is 4.78. The average molecular weight is 357 g/mol. The maximum absolute atomic E-state index is 13.5. The highest BCUT2D eigenvalue weighted by molar-refractivity contribution is 5.94. The molecule has 0 spiro atoms. The number of carbonyl (C=O) groups excluding carboxylic acids is 1. The predicted molar refractivity (Wildman–Crippen MR) is 95.1 cm³/mol. The zero-order chi connectivity index (χ0) is 18.1. The van der Waals surface area contributed by atoms with E-state index in [1.807, 2.05) is 11.8 Å². The summed E-state index contributed by atoms with van der Waals surface area (Å²) in [5.74, 6) is 0.718. The second kappa shape index (κ2) is 6.78. The van der Waals surface area contributed by atoms with E-state index in [9.17, 15) is 9.18 Å². The minimum absolute atomic E-state index is 0.0812. The Balaban J connectivity index is 1.49. The molecule has 4 rings (SSSR count). The Labute approximate surface area is 151 Å². The molecular weight excluding hydrogens is 337 g/mol. The molecule has 1 unspecified atom stereocenters. The predicted octanol–water partition coefficient (Wildman–Crippen LogP) is 2.15. The number of hydrogen-bond donors (Lipinski definition) is 0. The number of nitrogens with zero attached hydrogens (tertiary/aromatic N) is 5. The standard InChI is InChI=1S/C18H20FN5O2/c1-13-12-26-16-11-14(19)3-4-15(16)24(13)18(25)23-9-7-22(8-10-23)17-20-5-2-6-21-17/h2-6,11,13H,7-10,12H2,1H3. The Hall–Kier alpha value is -2.90. The smallest absolute Gasteiger partial charge is 0.325 e. The Kier molecular flexibility index (Phi) is 4.32. The van der Waals surface area contributed by atoms with E-state index in [1.165, 1.54) is 12.1 Å². The molecule has 2 aliphatic heterocycles. The molecule has 0 aliphatic carbocycles. The summed E-state index contributed by atoms with van der Waals surface area (Å²) in [6, 6.07) is 5.87. The summed E-state index contributed by atoms with van der Waals surface area (Å²) in [6.07, 6.45) is 3.43. The third kappa shape index (κ3) is 3.02. The van der Waals surface area contributed by atoms with E-state index < -0.39 is 0 Å². The van der Waals surface area contributed by atoms with Gasteiger partial charge in [-0.15, -0.1) is 0 Å². The van der Waals surface area contributed by atoms with Gasteiger partial charge in [0.1, 0.15) is 18.2 Å². The molecule has 3 heterocycles. The van der Waals surface area contributed by atoms with Crippen LogP contribution in [0, 0.1) is 5.82 Å². The first-order valence-electron chi connectivity index (χ1n) is 8.66. The molecule has 0 N–H and O–H groups in total. The van der Waals surface area contributed by atoms with Crippen molar-refractivity contribution in [2.45, 2.75) is 13.0 Å². The first kappa shape index (κ1) is 16.6. The number of fused-ring (bicyclic) bond motifs is 1. The van der Waals surface area contributed by atoms with Crippen LogP contribution in [0.3, 0.4) is 0 Å². The van der Waals surface area contributed by atoms with Crippen molar-refractivity contribution in [2.24, 2.45) is 0 Å². The van der Waals surface area contributed by atoms with Gasteiger partial charge in [0.15, 0.2) is 0 Å². The van der Waals surface area contributed by atoms with E-state index in [2.05, 4.69) is 14.9 Å². The maximum atomic E-state index is 13.5. The number of amides is 2. The van der Waals surface area contributed by atoms with Crippen LogP contribution >= 0.6 is 0 Å². The molecule has 8 heteroatoms. The average Bonchev–Trinajstić information content (AvgIpc) is 2.68. The summed E-state index contributed by atoms with van der Waals surface area (Å²) in [5, 5.41) is 0. The van der Waals surface area contributed by atoms with Crippen LogP contribution in [0.15, 0.2) is 36.7 Å². The van der Waals surface area contributed by atoms with Gasteiger partial charge in [0, 0.05) is 44.6 Å². The van der Waals surface area contributed by atoms with Crippen molar-refractivity contribution in [3.63, 3.8) is 0 Å². The van der Waals surface area contributed by atoms with Crippen LogP contribution in [0.2, 0.25) is 0 Å². The van der Waals surface area contributed by atoms with E-state index in [4.69, 9.17) is 4.74 Å². The number of piperazine rings is 1. The van der Waals surface area contributed by atoms with Crippen molar-refractivity contribution in [1.29, 1.82) is 0 Å². The highest BCUT2D eigenvalue weighted by atomic mass is 19.1. The fourth-order valence-corrected chi connectivity index (χ4v) is 3.32. The van der Waals surface area contributed by atoms with Crippen LogP contribution in [0.5, 0.6) is 5.75 Å². The third-order valence-electron chi connectivity index (χ3n) is 4.69. The monoisotopic (exact) mass is 357 g/mol. The van der Waals surface area contributed by atoms with Crippen molar-refractivity contribution in [3.8, 4) is 5.75 Å². The van der Waals surface area contributed by atoms with Gasteiger partial charge >= 0.3 is 6.03 Å². The highest BCUT2D eigenvalue weighted by Crippen LogP contribution is 2.35. The molecule has 1 aromatic heterocycles. The Morgan fingerprint density at radius 3 is 2.65 bits per heavy atom. The number of carbonyl (C=O) groups is 1. The summed E-state index contributed by atoms with van der Waals surface area (Å²) < 4.78 is 19.0. The number of benzene rings is 1. The van der Waals surface area contributed by atoms with Crippen LogP contribution in [0.25, 0.3) is 0 Å². The molecule has 0 radical (unpaired) electrons. The van der Waals surface area contributed by atoms with E-state index >= 15 is 0 Å². The van der Waals surface area contributed by atoms with Crippen LogP contribution in [-0.2, 0) is 0 Å². The largest absolute Gasteiger partial charge is 0.489 e. The number of halogens is 1. The van der Waals surface area contributed by atoms with E-state index in [0.29, 0.717) is 50.2 Å². The first-order chi connectivity index (χ1) is 12.6. The van der Waals surface area contributed by atoms with E-state index in [1.54, 1.807) is 29.4 Å². The molecule has 1 aromatic carbocycles. The molecule has 2 aromatic rings. The zero-order valence-corrected chi connectivity index (χ0v) is 14.5. The molecule has 1 saturated heterocycles. The quantitative estimate of drug-likeness (QED) is 0.783. The fraction of sp³-hybridized carbons (Fsp3) is 0.389. The first-order valence-corrected chi connectivity index (χ1v) is 8.66. The van der Waals surface area contributed by atoms with Gasteiger partial charge in [-0.3, -0.25) is 4.90 Å². The molecule has 2 amide bonds. The lowest BCUT2D eigenvalue weighted by Crippen LogP contribution is -2.56. The van der Waals surface area contributed by atoms with Gasteiger partial charge in [0.2, 0.25) is 5.95 Å². The molecule has 0 saturated carbocycles. The van der Waals surface area contributed by atoms with Crippen molar-refractivity contribution < 1.29 is 13.9 Å². The lowest BCUT2D eigenvalue weighted by Gasteiger charge is -2.41. The summed E-state index contributed by atoms with van der Waals surface area (Å²) in [7, 11) is 0. The van der Waals surface area contributed by atoms with Crippen LogP contribution < -0.4 is 14.5 Å². The fourth-order valence-electron chi connectivity index (χ4n) is 3.32. The van der Waals surface area contributed by atoms with E-state index in [-0.39, 0.29) is 17.9 Å². The molecule has 7 nitrogen and oxygen atoms in total. The molecular formula is C18H20FN5O2. The number of hydrogen-bond acceptors (Lipinski definition) is 5. The zero-order valence-electron chi connectivity index (χ0n) is 14.5. The topological polar surface area (TPSA) is 61.8 Å². The molecule has 1 atom stereocenters. The summed E-state index contributed by atoms with van der Waals surface area (Å²) in [5.41, 5.74) is 0.615. The maximum Gasteiger partial charge on any atom is 0.325 e. The Bertz CT molecular complexity index is 795. The van der Waals surface area contributed by atoms with Crippen LogP contribution in [-0.4, -0.2) is 59.7 Å². The van der Waals surface area contributed by atoms with Gasteiger partial charge < -0.3 is 14.5 Å². The van der Waals surface area contributed by atoms with Crippen LogP contribution in [0.1, 0.15) is 6.92 Å².